The van der Waals surface area contributed by atoms with E-state index in [2.05, 4.69) is 6.58 Å². The maximum atomic E-state index is 12.4. The van der Waals surface area contributed by atoms with E-state index in [1.807, 2.05) is 77.7 Å². The van der Waals surface area contributed by atoms with Crippen LogP contribution in [0.25, 0.3) is 6.08 Å². The van der Waals surface area contributed by atoms with Crippen molar-refractivity contribution in [1.29, 1.82) is 0 Å². The molecule has 0 N–H and O–H groups in total. The zero-order valence-corrected chi connectivity index (χ0v) is 12.7. The summed E-state index contributed by atoms with van der Waals surface area (Å²) < 4.78 is 0. The van der Waals surface area contributed by atoms with Gasteiger partial charge in [-0.05, 0) is 11.1 Å². The summed E-state index contributed by atoms with van der Waals surface area (Å²) in [6.45, 7) is 4.92. The summed E-state index contributed by atoms with van der Waals surface area (Å²) in [4.78, 5) is 14.2. The average Bonchev–Trinajstić information content (AvgIpc) is 2.56. The number of amides is 1. The van der Waals surface area contributed by atoms with Gasteiger partial charge in [-0.1, -0.05) is 78.9 Å². The summed E-state index contributed by atoms with van der Waals surface area (Å²) in [6.07, 6.45) is 6.06. The molecule has 0 aromatic heterocycles. The summed E-state index contributed by atoms with van der Waals surface area (Å²) >= 11 is 0. The number of carbonyl (C=O) groups excluding carboxylic acids is 1. The summed E-state index contributed by atoms with van der Waals surface area (Å²) in [5.74, 6) is 0.107. The largest absolute Gasteiger partial charge is 0.334 e. The maximum Gasteiger partial charge on any atom is 0.226 e. The zero-order valence-electron chi connectivity index (χ0n) is 12.7. The highest BCUT2D eigenvalue weighted by Gasteiger charge is 2.10. The van der Waals surface area contributed by atoms with Crippen LogP contribution in [0.2, 0.25) is 0 Å². The van der Waals surface area contributed by atoms with Crippen LogP contribution in [0.1, 0.15) is 17.5 Å². The molecule has 0 radical (unpaired) electrons. The maximum absolute atomic E-state index is 12.4. The highest BCUT2D eigenvalue weighted by molar-refractivity contribution is 5.78. The molecule has 2 rings (SSSR count). The van der Waals surface area contributed by atoms with Crippen LogP contribution in [0.15, 0.2) is 79.4 Å². The molecule has 2 nitrogen and oxygen atoms in total. The number of hydrogen-bond donors (Lipinski definition) is 0. The van der Waals surface area contributed by atoms with Crippen LogP contribution in [0.5, 0.6) is 0 Å². The van der Waals surface area contributed by atoms with Gasteiger partial charge in [-0.2, -0.15) is 0 Å². The monoisotopic (exact) mass is 291 g/mol. The van der Waals surface area contributed by atoms with Gasteiger partial charge in [-0.3, -0.25) is 4.79 Å². The SMILES string of the molecule is C=CCN(Cc1ccccc1)C(=O)C/C=C/c1ccccc1. The predicted octanol–water partition coefficient (Wildman–Crippen LogP) is 4.30. The van der Waals surface area contributed by atoms with E-state index in [-0.39, 0.29) is 5.91 Å². The lowest BCUT2D eigenvalue weighted by molar-refractivity contribution is -0.130. The minimum Gasteiger partial charge on any atom is -0.334 e. The standard InChI is InChI=1S/C20H21NO/c1-2-16-21(17-19-12-7-4-8-13-19)20(22)15-9-14-18-10-5-3-6-11-18/h2-14H,1,15-17H2/b14-9+. The van der Waals surface area contributed by atoms with Crippen molar-refractivity contribution in [2.24, 2.45) is 0 Å². The lowest BCUT2D eigenvalue weighted by Gasteiger charge is -2.20. The molecule has 1 amide bonds. The molecule has 0 saturated heterocycles. The molecule has 0 saturated carbocycles. The first kappa shape index (κ1) is 15.8. The summed E-state index contributed by atoms with van der Waals surface area (Å²) in [5.41, 5.74) is 2.23. The first-order chi connectivity index (χ1) is 10.8. The van der Waals surface area contributed by atoms with Gasteiger partial charge >= 0.3 is 0 Å². The molecule has 0 unspecified atom stereocenters. The Morgan fingerprint density at radius 3 is 2.27 bits per heavy atom. The van der Waals surface area contributed by atoms with Gasteiger partial charge in [0.1, 0.15) is 0 Å². The van der Waals surface area contributed by atoms with E-state index in [1.165, 1.54) is 0 Å². The van der Waals surface area contributed by atoms with Crippen molar-refractivity contribution in [3.63, 3.8) is 0 Å². The van der Waals surface area contributed by atoms with Crippen molar-refractivity contribution in [3.8, 4) is 0 Å². The van der Waals surface area contributed by atoms with E-state index in [9.17, 15) is 4.79 Å². The Labute approximate surface area is 132 Å². The van der Waals surface area contributed by atoms with Crippen LogP contribution in [-0.4, -0.2) is 17.4 Å². The van der Waals surface area contributed by atoms with Crippen LogP contribution < -0.4 is 0 Å². The molecule has 0 fully saturated rings. The minimum absolute atomic E-state index is 0.107. The summed E-state index contributed by atoms with van der Waals surface area (Å²) in [6, 6.07) is 20.0. The number of hydrogen-bond acceptors (Lipinski definition) is 1. The Bertz CT molecular complexity index is 617. The van der Waals surface area contributed by atoms with Crippen LogP contribution in [0.3, 0.4) is 0 Å². The van der Waals surface area contributed by atoms with Crippen molar-refractivity contribution in [2.45, 2.75) is 13.0 Å². The molecule has 0 aliphatic rings. The molecule has 2 aromatic rings. The fourth-order valence-corrected chi connectivity index (χ4v) is 2.20. The number of nitrogens with zero attached hydrogens (tertiary/aromatic N) is 1. The van der Waals surface area contributed by atoms with Crippen LogP contribution in [0.4, 0.5) is 0 Å². The Balaban J connectivity index is 1.94. The molecule has 0 aliphatic heterocycles. The van der Waals surface area contributed by atoms with E-state index in [1.54, 1.807) is 6.08 Å². The Morgan fingerprint density at radius 2 is 1.64 bits per heavy atom. The molecule has 112 valence electrons. The predicted molar refractivity (Wildman–Crippen MR) is 92.1 cm³/mol. The molecule has 2 aromatic carbocycles. The van der Waals surface area contributed by atoms with Crippen LogP contribution >= 0.6 is 0 Å². The third-order valence-corrected chi connectivity index (χ3v) is 3.32. The topological polar surface area (TPSA) is 20.3 Å². The third-order valence-electron chi connectivity index (χ3n) is 3.32. The second-order valence-corrected chi connectivity index (χ2v) is 5.07. The van der Waals surface area contributed by atoms with E-state index in [0.29, 0.717) is 19.5 Å². The second kappa shape index (κ2) is 8.63. The van der Waals surface area contributed by atoms with E-state index >= 15 is 0 Å². The van der Waals surface area contributed by atoms with Gasteiger partial charge in [0, 0.05) is 19.5 Å². The summed E-state index contributed by atoms with van der Waals surface area (Å²) in [7, 11) is 0. The van der Waals surface area contributed by atoms with Crippen molar-refractivity contribution in [1.82, 2.24) is 4.90 Å². The quantitative estimate of drug-likeness (QED) is 0.696. The molecule has 22 heavy (non-hydrogen) atoms. The van der Waals surface area contributed by atoms with Gasteiger partial charge in [0.2, 0.25) is 5.91 Å². The second-order valence-electron chi connectivity index (χ2n) is 5.07. The van der Waals surface area contributed by atoms with Gasteiger partial charge in [-0.25, -0.2) is 0 Å². The third kappa shape index (κ3) is 5.06. The Hall–Kier alpha value is -2.61. The molecule has 2 heteroatoms. The highest BCUT2D eigenvalue weighted by Crippen LogP contribution is 2.08. The van der Waals surface area contributed by atoms with Gasteiger partial charge in [0.25, 0.3) is 0 Å². The van der Waals surface area contributed by atoms with E-state index < -0.39 is 0 Å². The van der Waals surface area contributed by atoms with Crippen LogP contribution in [0, 0.1) is 0 Å². The molecule has 0 atom stereocenters. The lowest BCUT2D eigenvalue weighted by Crippen LogP contribution is -2.30. The van der Waals surface area contributed by atoms with Crippen molar-refractivity contribution in [2.75, 3.05) is 6.54 Å². The number of carbonyl (C=O) groups is 1. The lowest BCUT2D eigenvalue weighted by atomic mass is 10.2. The summed E-state index contributed by atoms with van der Waals surface area (Å²) in [5, 5.41) is 0. The fraction of sp³-hybridized carbons (Fsp3) is 0.150. The molecule has 0 bridgehead atoms. The van der Waals surface area contributed by atoms with Gasteiger partial charge in [-0.15, -0.1) is 6.58 Å². The number of rotatable bonds is 7. The first-order valence-electron chi connectivity index (χ1n) is 7.44. The smallest absolute Gasteiger partial charge is 0.226 e. The van der Waals surface area contributed by atoms with Gasteiger partial charge in [0.15, 0.2) is 0 Å². The van der Waals surface area contributed by atoms with E-state index in [0.717, 1.165) is 11.1 Å². The Morgan fingerprint density at radius 1 is 1.00 bits per heavy atom. The molecule has 0 aliphatic carbocycles. The Kier molecular flexibility index (Phi) is 6.18. The minimum atomic E-state index is 0.107. The first-order valence-corrected chi connectivity index (χ1v) is 7.44. The average molecular weight is 291 g/mol. The van der Waals surface area contributed by atoms with Crippen molar-refractivity contribution >= 4 is 12.0 Å². The van der Waals surface area contributed by atoms with Crippen LogP contribution in [-0.2, 0) is 11.3 Å². The van der Waals surface area contributed by atoms with E-state index in [4.69, 9.17) is 0 Å². The molecule has 0 spiro atoms. The van der Waals surface area contributed by atoms with Gasteiger partial charge in [0.05, 0.1) is 0 Å². The molecule has 0 heterocycles. The fourth-order valence-electron chi connectivity index (χ4n) is 2.20. The van der Waals surface area contributed by atoms with Crippen molar-refractivity contribution < 1.29 is 4.79 Å². The number of benzene rings is 2. The van der Waals surface area contributed by atoms with Gasteiger partial charge < -0.3 is 4.90 Å². The zero-order chi connectivity index (χ0) is 15.6. The van der Waals surface area contributed by atoms with Crippen molar-refractivity contribution in [3.05, 3.63) is 90.5 Å². The molecular formula is C20H21NO. The highest BCUT2D eigenvalue weighted by atomic mass is 16.2. The normalized spacial score (nSPS) is 10.5. The molecular weight excluding hydrogens is 270 g/mol.